The lowest BCUT2D eigenvalue weighted by atomic mass is 9.59. The van der Waals surface area contributed by atoms with Gasteiger partial charge in [0.25, 0.3) is 0 Å². The van der Waals surface area contributed by atoms with Crippen molar-refractivity contribution >= 4 is 5.97 Å². The van der Waals surface area contributed by atoms with Crippen molar-refractivity contribution in [2.45, 2.75) is 32.5 Å². The number of esters is 1. The average Bonchev–Trinajstić information content (AvgIpc) is 3.23. The molecule has 0 bridgehead atoms. The van der Waals surface area contributed by atoms with E-state index in [9.17, 15) is 4.79 Å². The summed E-state index contributed by atoms with van der Waals surface area (Å²) in [6.45, 7) is 4.99. The second-order valence-electron chi connectivity index (χ2n) is 6.91. The highest BCUT2D eigenvalue weighted by molar-refractivity contribution is 5.89. The summed E-state index contributed by atoms with van der Waals surface area (Å²) in [6, 6.07) is 7.38. The Labute approximate surface area is 135 Å². The van der Waals surface area contributed by atoms with Gasteiger partial charge in [0.1, 0.15) is 6.10 Å². The fraction of sp³-hybridized carbons (Fsp3) is 0.444. The molecule has 1 aliphatic carbocycles. The number of hydrogen-bond acceptors (Lipinski definition) is 4. The van der Waals surface area contributed by atoms with Crippen LogP contribution in [0.25, 0.3) is 5.69 Å². The topological polar surface area (TPSA) is 53.4 Å². The number of rotatable bonds is 3. The van der Waals surface area contributed by atoms with E-state index in [0.29, 0.717) is 11.5 Å². The molecule has 2 aliphatic rings. The van der Waals surface area contributed by atoms with Gasteiger partial charge in [-0.1, -0.05) is 13.8 Å². The van der Waals surface area contributed by atoms with E-state index in [0.717, 1.165) is 18.7 Å². The van der Waals surface area contributed by atoms with Gasteiger partial charge >= 0.3 is 5.97 Å². The zero-order valence-corrected chi connectivity index (χ0v) is 13.3. The van der Waals surface area contributed by atoms with Gasteiger partial charge in [-0.2, -0.15) is 0 Å². The van der Waals surface area contributed by atoms with Crippen LogP contribution >= 0.6 is 0 Å². The minimum atomic E-state index is -0.259. The molecule has 1 aromatic carbocycles. The molecule has 0 radical (unpaired) electrons. The van der Waals surface area contributed by atoms with Gasteiger partial charge in [-0.05, 0) is 30.7 Å². The average molecular weight is 312 g/mol. The summed E-state index contributed by atoms with van der Waals surface area (Å²) in [5.74, 6) is 0.0878. The Kier molecular flexibility index (Phi) is 3.27. The SMILES string of the molecule is CC1(C)C2OCCC2C1OC(=O)c1ccc(-n2ccnc2)cc1. The van der Waals surface area contributed by atoms with E-state index >= 15 is 0 Å². The van der Waals surface area contributed by atoms with Gasteiger partial charge in [0.15, 0.2) is 0 Å². The predicted molar refractivity (Wildman–Crippen MR) is 84.4 cm³/mol. The van der Waals surface area contributed by atoms with Crippen LogP contribution in [0.2, 0.25) is 0 Å². The summed E-state index contributed by atoms with van der Waals surface area (Å²) in [7, 11) is 0. The highest BCUT2D eigenvalue weighted by Crippen LogP contribution is 2.53. The molecule has 2 fully saturated rings. The van der Waals surface area contributed by atoms with Crippen LogP contribution in [0.4, 0.5) is 0 Å². The third-order valence-electron chi connectivity index (χ3n) is 5.13. The zero-order chi connectivity index (χ0) is 16.0. The number of imidazole rings is 1. The first-order valence-electron chi connectivity index (χ1n) is 7.98. The van der Waals surface area contributed by atoms with Crippen LogP contribution in [0.1, 0.15) is 30.6 Å². The number of ether oxygens (including phenoxy) is 2. The van der Waals surface area contributed by atoms with Gasteiger partial charge in [-0.15, -0.1) is 0 Å². The van der Waals surface area contributed by atoms with Crippen molar-refractivity contribution in [3.8, 4) is 5.69 Å². The normalized spacial score (nSPS) is 28.0. The standard InChI is InChI=1S/C18H20N2O3/c1-18(2)15-14(7-10-22-15)16(18)23-17(21)12-3-5-13(6-4-12)20-9-8-19-11-20/h3-6,8-9,11,14-16H,7,10H2,1-2H3. The van der Waals surface area contributed by atoms with Crippen molar-refractivity contribution < 1.29 is 14.3 Å². The molecule has 3 atom stereocenters. The summed E-state index contributed by atoms with van der Waals surface area (Å²) in [5.41, 5.74) is 1.44. The predicted octanol–water partition coefficient (Wildman–Crippen LogP) is 2.84. The minimum Gasteiger partial charge on any atom is -0.458 e. The lowest BCUT2D eigenvalue weighted by molar-refractivity contribution is -0.183. The fourth-order valence-electron chi connectivity index (χ4n) is 3.88. The van der Waals surface area contributed by atoms with Crippen molar-refractivity contribution in [3.05, 3.63) is 48.5 Å². The van der Waals surface area contributed by atoms with Crippen LogP contribution < -0.4 is 0 Å². The van der Waals surface area contributed by atoms with Gasteiger partial charge in [0.2, 0.25) is 0 Å². The molecule has 1 aromatic heterocycles. The molecule has 2 heterocycles. The van der Waals surface area contributed by atoms with Gasteiger partial charge in [-0.25, -0.2) is 9.78 Å². The van der Waals surface area contributed by atoms with E-state index in [1.54, 1.807) is 24.7 Å². The van der Waals surface area contributed by atoms with E-state index in [2.05, 4.69) is 18.8 Å². The molecule has 1 aliphatic heterocycles. The largest absolute Gasteiger partial charge is 0.458 e. The summed E-state index contributed by atoms with van der Waals surface area (Å²) in [4.78, 5) is 16.5. The highest BCUT2D eigenvalue weighted by Gasteiger charge is 2.61. The maximum Gasteiger partial charge on any atom is 0.338 e. The zero-order valence-electron chi connectivity index (χ0n) is 13.3. The summed E-state index contributed by atoms with van der Waals surface area (Å²) in [5, 5.41) is 0. The first-order valence-corrected chi connectivity index (χ1v) is 7.98. The number of nitrogens with zero attached hydrogens (tertiary/aromatic N) is 2. The number of aromatic nitrogens is 2. The number of carbonyl (C=O) groups is 1. The van der Waals surface area contributed by atoms with E-state index < -0.39 is 0 Å². The smallest absolute Gasteiger partial charge is 0.338 e. The third kappa shape index (κ3) is 2.27. The molecule has 0 amide bonds. The molecule has 23 heavy (non-hydrogen) atoms. The van der Waals surface area contributed by atoms with Crippen LogP contribution in [0.5, 0.6) is 0 Å². The Morgan fingerprint density at radius 2 is 2.13 bits per heavy atom. The van der Waals surface area contributed by atoms with Crippen LogP contribution in [0, 0.1) is 11.3 Å². The van der Waals surface area contributed by atoms with Crippen molar-refractivity contribution in [1.29, 1.82) is 0 Å². The summed E-state index contributed by atoms with van der Waals surface area (Å²) < 4.78 is 13.4. The molecule has 5 heteroatoms. The maximum absolute atomic E-state index is 12.4. The second-order valence-corrected chi connectivity index (χ2v) is 6.91. The third-order valence-corrected chi connectivity index (χ3v) is 5.13. The second kappa shape index (κ2) is 5.20. The van der Waals surface area contributed by atoms with Gasteiger partial charge in [-0.3, -0.25) is 0 Å². The first-order chi connectivity index (χ1) is 11.1. The summed E-state index contributed by atoms with van der Waals surface area (Å²) >= 11 is 0. The highest BCUT2D eigenvalue weighted by atomic mass is 16.6. The van der Waals surface area contributed by atoms with E-state index in [1.165, 1.54) is 0 Å². The first kappa shape index (κ1) is 14.5. The number of carbonyl (C=O) groups excluding carboxylic acids is 1. The van der Waals surface area contributed by atoms with E-state index in [4.69, 9.17) is 9.47 Å². The van der Waals surface area contributed by atoms with Crippen LogP contribution in [0.3, 0.4) is 0 Å². The molecule has 120 valence electrons. The lowest BCUT2D eigenvalue weighted by Crippen LogP contribution is -2.61. The molecule has 1 saturated carbocycles. The molecular formula is C18H20N2O3. The molecular weight excluding hydrogens is 292 g/mol. The van der Waals surface area contributed by atoms with Crippen LogP contribution in [-0.2, 0) is 9.47 Å². The van der Waals surface area contributed by atoms with Gasteiger partial charge in [0, 0.05) is 36.0 Å². The maximum atomic E-state index is 12.4. The number of hydrogen-bond donors (Lipinski definition) is 0. The van der Waals surface area contributed by atoms with Crippen molar-refractivity contribution in [1.82, 2.24) is 9.55 Å². The molecule has 4 rings (SSSR count). The Balaban J connectivity index is 1.47. The molecule has 5 nitrogen and oxygen atoms in total. The van der Waals surface area contributed by atoms with Crippen molar-refractivity contribution in [2.75, 3.05) is 6.61 Å². The van der Waals surface area contributed by atoms with Gasteiger partial charge < -0.3 is 14.0 Å². The van der Waals surface area contributed by atoms with E-state index in [-0.39, 0.29) is 23.6 Å². The Bertz CT molecular complexity index is 706. The Morgan fingerprint density at radius 1 is 1.35 bits per heavy atom. The minimum absolute atomic E-state index is 0.0594. The molecule has 3 unspecified atom stereocenters. The summed E-state index contributed by atoms with van der Waals surface area (Å²) in [6.07, 6.45) is 6.46. The molecule has 0 spiro atoms. The molecule has 0 N–H and O–H groups in total. The Hall–Kier alpha value is -2.14. The molecule has 2 aromatic rings. The molecule has 1 saturated heterocycles. The van der Waals surface area contributed by atoms with E-state index in [1.807, 2.05) is 22.9 Å². The number of fused-ring (bicyclic) bond motifs is 1. The monoisotopic (exact) mass is 312 g/mol. The number of benzene rings is 1. The van der Waals surface area contributed by atoms with Crippen LogP contribution in [-0.4, -0.2) is 34.3 Å². The van der Waals surface area contributed by atoms with Crippen LogP contribution in [0.15, 0.2) is 43.0 Å². The van der Waals surface area contributed by atoms with Crippen molar-refractivity contribution in [2.24, 2.45) is 11.3 Å². The Morgan fingerprint density at radius 3 is 2.83 bits per heavy atom. The lowest BCUT2D eigenvalue weighted by Gasteiger charge is -2.53. The van der Waals surface area contributed by atoms with Gasteiger partial charge in [0.05, 0.1) is 18.0 Å². The quantitative estimate of drug-likeness (QED) is 0.818. The van der Waals surface area contributed by atoms with Crippen molar-refractivity contribution in [3.63, 3.8) is 0 Å². The fourth-order valence-corrected chi connectivity index (χ4v) is 3.88.